The number of sulfonamides is 1. The molecule has 0 aliphatic carbocycles. The molecule has 1 fully saturated rings. The SMILES string of the molecule is CC(C)C(NS(=O)(=O)c1cccs1)C(=O)Nc1ccc(N2CCCCCC2)cc1. The van der Waals surface area contributed by atoms with E-state index in [4.69, 9.17) is 0 Å². The molecule has 0 radical (unpaired) electrons. The average molecular weight is 436 g/mol. The number of benzene rings is 1. The summed E-state index contributed by atoms with van der Waals surface area (Å²) in [7, 11) is -3.72. The molecule has 1 aromatic carbocycles. The molecule has 1 aromatic heterocycles. The summed E-state index contributed by atoms with van der Waals surface area (Å²) >= 11 is 1.13. The Kier molecular flexibility index (Phi) is 7.32. The van der Waals surface area contributed by atoms with Crippen molar-refractivity contribution in [2.45, 2.75) is 49.8 Å². The van der Waals surface area contributed by atoms with Crippen molar-refractivity contribution in [3.8, 4) is 0 Å². The van der Waals surface area contributed by atoms with Gasteiger partial charge in [-0.1, -0.05) is 32.8 Å². The van der Waals surface area contributed by atoms with E-state index in [0.717, 1.165) is 30.1 Å². The van der Waals surface area contributed by atoms with E-state index < -0.39 is 16.1 Å². The molecular formula is C21H29N3O3S2. The third-order valence-electron chi connectivity index (χ3n) is 5.10. The van der Waals surface area contributed by atoms with Crippen LogP contribution < -0.4 is 14.9 Å². The van der Waals surface area contributed by atoms with Gasteiger partial charge in [-0.05, 0) is 54.5 Å². The number of thiophene rings is 1. The van der Waals surface area contributed by atoms with Crippen LogP contribution in [-0.4, -0.2) is 33.5 Å². The smallest absolute Gasteiger partial charge is 0.250 e. The van der Waals surface area contributed by atoms with E-state index in [1.165, 1.54) is 31.7 Å². The summed E-state index contributed by atoms with van der Waals surface area (Å²) in [5.74, 6) is -0.552. The lowest BCUT2D eigenvalue weighted by atomic mass is 10.0. The standard InChI is InChI=1S/C21H29N3O3S2/c1-16(2)20(23-29(26,27)19-8-7-15-28-19)21(25)22-17-9-11-18(12-10-17)24-13-5-3-4-6-14-24/h7-12,15-16,20,23H,3-6,13-14H2,1-2H3,(H,22,25). The minimum absolute atomic E-state index is 0.193. The maximum absolute atomic E-state index is 12.8. The molecule has 1 aliphatic rings. The van der Waals surface area contributed by atoms with Crippen molar-refractivity contribution < 1.29 is 13.2 Å². The van der Waals surface area contributed by atoms with Gasteiger partial charge < -0.3 is 10.2 Å². The number of rotatable bonds is 7. The molecule has 2 N–H and O–H groups in total. The van der Waals surface area contributed by atoms with E-state index in [0.29, 0.717) is 5.69 Å². The summed E-state index contributed by atoms with van der Waals surface area (Å²) in [6.07, 6.45) is 4.98. The van der Waals surface area contributed by atoms with Crippen LogP contribution in [0.3, 0.4) is 0 Å². The van der Waals surface area contributed by atoms with Gasteiger partial charge in [0, 0.05) is 24.5 Å². The Morgan fingerprint density at radius 1 is 1.03 bits per heavy atom. The lowest BCUT2D eigenvalue weighted by Crippen LogP contribution is -2.46. The molecular weight excluding hydrogens is 406 g/mol. The van der Waals surface area contributed by atoms with Gasteiger partial charge in [0.2, 0.25) is 5.91 Å². The van der Waals surface area contributed by atoms with Gasteiger partial charge in [-0.2, -0.15) is 4.72 Å². The van der Waals surface area contributed by atoms with E-state index in [1.807, 2.05) is 38.1 Å². The van der Waals surface area contributed by atoms with Crippen LogP contribution in [0.15, 0.2) is 46.0 Å². The van der Waals surface area contributed by atoms with Gasteiger partial charge in [-0.15, -0.1) is 11.3 Å². The zero-order valence-electron chi connectivity index (χ0n) is 16.9. The third kappa shape index (κ3) is 5.81. The van der Waals surface area contributed by atoms with Crippen molar-refractivity contribution >= 4 is 38.6 Å². The lowest BCUT2D eigenvalue weighted by molar-refractivity contribution is -0.118. The highest BCUT2D eigenvalue weighted by atomic mass is 32.2. The molecule has 0 saturated carbocycles. The molecule has 0 bridgehead atoms. The summed E-state index contributed by atoms with van der Waals surface area (Å²) in [6, 6.07) is 10.1. The van der Waals surface area contributed by atoms with Crippen LogP contribution in [0, 0.1) is 5.92 Å². The number of anilines is 2. The van der Waals surface area contributed by atoms with Crippen molar-refractivity contribution in [1.29, 1.82) is 0 Å². The van der Waals surface area contributed by atoms with E-state index in [-0.39, 0.29) is 16.0 Å². The molecule has 8 heteroatoms. The molecule has 1 aliphatic heterocycles. The zero-order valence-corrected chi connectivity index (χ0v) is 18.6. The molecule has 3 rings (SSSR count). The Balaban J connectivity index is 1.66. The highest BCUT2D eigenvalue weighted by molar-refractivity contribution is 7.91. The summed E-state index contributed by atoms with van der Waals surface area (Å²) < 4.78 is 27.8. The zero-order chi connectivity index (χ0) is 20.9. The molecule has 0 spiro atoms. The van der Waals surface area contributed by atoms with Crippen LogP contribution in [0.25, 0.3) is 0 Å². The first-order valence-corrected chi connectivity index (χ1v) is 12.4. The monoisotopic (exact) mass is 435 g/mol. The second kappa shape index (κ2) is 9.73. The third-order valence-corrected chi connectivity index (χ3v) is 7.94. The second-order valence-corrected chi connectivity index (χ2v) is 10.6. The molecule has 2 heterocycles. The number of carbonyl (C=O) groups excluding carboxylic acids is 1. The normalized spacial score (nSPS) is 16.4. The van der Waals surface area contributed by atoms with Crippen LogP contribution in [0.1, 0.15) is 39.5 Å². The first kappa shape index (κ1) is 21.8. The fourth-order valence-electron chi connectivity index (χ4n) is 3.44. The highest BCUT2D eigenvalue weighted by Gasteiger charge is 2.29. The molecule has 29 heavy (non-hydrogen) atoms. The van der Waals surface area contributed by atoms with E-state index in [9.17, 15) is 13.2 Å². The number of nitrogens with one attached hydrogen (secondary N) is 2. The summed E-state index contributed by atoms with van der Waals surface area (Å²) in [5, 5.41) is 4.55. The predicted octanol–water partition coefficient (Wildman–Crippen LogP) is 4.07. The maximum atomic E-state index is 12.8. The molecule has 1 atom stereocenters. The lowest BCUT2D eigenvalue weighted by Gasteiger charge is -2.23. The Labute approximate surface area is 177 Å². The van der Waals surface area contributed by atoms with Gasteiger partial charge in [0.25, 0.3) is 10.0 Å². The van der Waals surface area contributed by atoms with Crippen molar-refractivity contribution in [2.75, 3.05) is 23.3 Å². The second-order valence-electron chi connectivity index (χ2n) is 7.71. The van der Waals surface area contributed by atoms with Crippen molar-refractivity contribution in [1.82, 2.24) is 4.72 Å². The van der Waals surface area contributed by atoms with Gasteiger partial charge in [-0.25, -0.2) is 8.42 Å². The number of amides is 1. The predicted molar refractivity (Wildman–Crippen MR) is 119 cm³/mol. The number of nitrogens with zero attached hydrogens (tertiary/aromatic N) is 1. The molecule has 1 amide bonds. The number of hydrogen-bond donors (Lipinski definition) is 2. The quantitative estimate of drug-likeness (QED) is 0.687. The number of carbonyl (C=O) groups is 1. The van der Waals surface area contributed by atoms with E-state index in [1.54, 1.807) is 11.4 Å². The van der Waals surface area contributed by atoms with Gasteiger partial charge in [0.15, 0.2) is 0 Å². The van der Waals surface area contributed by atoms with Crippen molar-refractivity contribution in [3.05, 3.63) is 41.8 Å². The summed E-state index contributed by atoms with van der Waals surface area (Å²) in [4.78, 5) is 15.2. The maximum Gasteiger partial charge on any atom is 0.250 e. The van der Waals surface area contributed by atoms with Gasteiger partial charge >= 0.3 is 0 Å². The van der Waals surface area contributed by atoms with Crippen LogP contribution >= 0.6 is 11.3 Å². The Bertz CT molecular complexity index is 886. The Morgan fingerprint density at radius 2 is 1.69 bits per heavy atom. The molecule has 6 nitrogen and oxygen atoms in total. The largest absolute Gasteiger partial charge is 0.372 e. The van der Waals surface area contributed by atoms with Gasteiger partial charge in [0.05, 0.1) is 0 Å². The van der Waals surface area contributed by atoms with Crippen LogP contribution in [0.2, 0.25) is 0 Å². The molecule has 2 aromatic rings. The first-order valence-electron chi connectivity index (χ1n) is 10.1. The average Bonchev–Trinajstić information content (AvgIpc) is 3.11. The van der Waals surface area contributed by atoms with Crippen molar-refractivity contribution in [2.24, 2.45) is 5.92 Å². The topological polar surface area (TPSA) is 78.5 Å². The summed E-state index contributed by atoms with van der Waals surface area (Å²) in [6.45, 7) is 5.77. The molecule has 1 saturated heterocycles. The molecule has 158 valence electrons. The fraction of sp³-hybridized carbons (Fsp3) is 0.476. The van der Waals surface area contributed by atoms with Crippen LogP contribution in [0.4, 0.5) is 11.4 Å². The highest BCUT2D eigenvalue weighted by Crippen LogP contribution is 2.22. The Hall–Kier alpha value is -1.90. The summed E-state index contributed by atoms with van der Waals surface area (Å²) in [5.41, 5.74) is 1.82. The van der Waals surface area contributed by atoms with Gasteiger partial charge in [-0.3, -0.25) is 4.79 Å². The minimum Gasteiger partial charge on any atom is -0.372 e. The molecule has 1 unspecified atom stereocenters. The first-order chi connectivity index (χ1) is 13.9. The van der Waals surface area contributed by atoms with E-state index in [2.05, 4.69) is 14.9 Å². The van der Waals surface area contributed by atoms with Gasteiger partial charge in [0.1, 0.15) is 10.3 Å². The number of hydrogen-bond acceptors (Lipinski definition) is 5. The Morgan fingerprint density at radius 3 is 2.24 bits per heavy atom. The van der Waals surface area contributed by atoms with Crippen molar-refractivity contribution in [3.63, 3.8) is 0 Å². The fourth-order valence-corrected chi connectivity index (χ4v) is 5.79. The van der Waals surface area contributed by atoms with Crippen LogP contribution in [0.5, 0.6) is 0 Å². The van der Waals surface area contributed by atoms with Crippen LogP contribution in [-0.2, 0) is 14.8 Å². The van der Waals surface area contributed by atoms with E-state index >= 15 is 0 Å². The minimum atomic E-state index is -3.72.